The first-order chi connectivity index (χ1) is 7.57. The Morgan fingerprint density at radius 2 is 2.00 bits per heavy atom. The first-order valence-corrected chi connectivity index (χ1v) is 5.07. The van der Waals surface area contributed by atoms with Crippen LogP contribution in [0.3, 0.4) is 0 Å². The molecule has 5 heteroatoms. The zero-order chi connectivity index (χ0) is 12.4. The van der Waals surface area contributed by atoms with E-state index in [2.05, 4.69) is 4.98 Å². The van der Waals surface area contributed by atoms with E-state index in [1.165, 1.54) is 6.20 Å². The summed E-state index contributed by atoms with van der Waals surface area (Å²) in [5.41, 5.74) is 10.1. The largest absolute Gasteiger partial charge is 0.370 e. The van der Waals surface area contributed by atoms with Crippen molar-refractivity contribution in [1.82, 2.24) is 4.98 Å². The van der Waals surface area contributed by atoms with Crippen molar-refractivity contribution in [2.24, 2.45) is 11.5 Å². The number of hydrogen-bond acceptors (Lipinski definition) is 3. The van der Waals surface area contributed by atoms with Crippen molar-refractivity contribution in [3.05, 3.63) is 30.1 Å². The van der Waals surface area contributed by atoms with E-state index in [1.54, 1.807) is 18.2 Å². The van der Waals surface area contributed by atoms with Gasteiger partial charge in [0.25, 0.3) is 5.91 Å². The number of nitrogens with zero attached hydrogens (tertiary/aromatic N) is 1. The molecule has 2 amide bonds. The lowest BCUT2D eigenvalue weighted by Gasteiger charge is -1.88. The number of nitrogens with two attached hydrogens (primary N) is 2. The van der Waals surface area contributed by atoms with E-state index in [1.807, 2.05) is 6.92 Å². The molecular weight excluding hydrogens is 206 g/mol. The van der Waals surface area contributed by atoms with E-state index in [-0.39, 0.29) is 5.91 Å². The normalized spacial score (nSPS) is 8.81. The Bertz CT molecular complexity index is 325. The van der Waals surface area contributed by atoms with Crippen molar-refractivity contribution in [2.45, 2.75) is 26.2 Å². The van der Waals surface area contributed by atoms with Gasteiger partial charge in [-0.2, -0.15) is 0 Å². The van der Waals surface area contributed by atoms with Gasteiger partial charge in [-0.3, -0.25) is 14.6 Å². The predicted molar refractivity (Wildman–Crippen MR) is 61.5 cm³/mol. The molecule has 0 aliphatic rings. The van der Waals surface area contributed by atoms with Crippen LogP contribution in [0.5, 0.6) is 0 Å². The van der Waals surface area contributed by atoms with Crippen molar-refractivity contribution >= 4 is 11.8 Å². The summed E-state index contributed by atoms with van der Waals surface area (Å²) in [5, 5.41) is 0. The Kier molecular flexibility index (Phi) is 7.40. The fourth-order valence-corrected chi connectivity index (χ4v) is 0.860. The van der Waals surface area contributed by atoms with Crippen LogP contribution in [0.25, 0.3) is 0 Å². The molecule has 0 unspecified atom stereocenters. The molecule has 1 heterocycles. The number of hydrogen-bond donors (Lipinski definition) is 2. The summed E-state index contributed by atoms with van der Waals surface area (Å²) < 4.78 is 0. The van der Waals surface area contributed by atoms with Gasteiger partial charge in [0, 0.05) is 12.6 Å². The molecule has 4 N–H and O–H groups in total. The fourth-order valence-electron chi connectivity index (χ4n) is 0.860. The Labute approximate surface area is 94.8 Å². The van der Waals surface area contributed by atoms with Gasteiger partial charge in [-0.05, 0) is 18.6 Å². The second-order valence-electron chi connectivity index (χ2n) is 3.15. The third-order valence-electron chi connectivity index (χ3n) is 1.69. The number of aromatic nitrogens is 1. The molecule has 0 aromatic carbocycles. The predicted octanol–water partition coefficient (Wildman–Crippen LogP) is 0.842. The molecule has 0 spiro atoms. The lowest BCUT2D eigenvalue weighted by Crippen LogP contribution is -2.12. The van der Waals surface area contributed by atoms with Crippen LogP contribution in [-0.4, -0.2) is 16.8 Å². The molecule has 0 aliphatic heterocycles. The van der Waals surface area contributed by atoms with Gasteiger partial charge in [-0.15, -0.1) is 0 Å². The average molecular weight is 223 g/mol. The molecule has 0 fully saturated rings. The molecule has 1 aromatic heterocycles. The maximum atomic E-state index is 10.4. The minimum absolute atomic E-state index is 0.193. The summed E-state index contributed by atoms with van der Waals surface area (Å²) in [6, 6.07) is 5.02. The molecule has 1 aromatic rings. The fraction of sp³-hybridized carbons (Fsp3) is 0.364. The highest BCUT2D eigenvalue weighted by molar-refractivity contribution is 5.90. The summed E-state index contributed by atoms with van der Waals surface area (Å²) >= 11 is 0. The third kappa shape index (κ3) is 7.49. The zero-order valence-electron chi connectivity index (χ0n) is 9.35. The zero-order valence-corrected chi connectivity index (χ0v) is 9.35. The van der Waals surface area contributed by atoms with E-state index < -0.39 is 5.91 Å². The van der Waals surface area contributed by atoms with E-state index >= 15 is 0 Å². The van der Waals surface area contributed by atoms with Crippen molar-refractivity contribution < 1.29 is 9.59 Å². The van der Waals surface area contributed by atoms with E-state index in [0.29, 0.717) is 12.1 Å². The van der Waals surface area contributed by atoms with Crippen molar-refractivity contribution in [3.8, 4) is 0 Å². The highest BCUT2D eigenvalue weighted by atomic mass is 16.1. The highest BCUT2D eigenvalue weighted by Crippen LogP contribution is 1.90. The summed E-state index contributed by atoms with van der Waals surface area (Å²) in [4.78, 5) is 24.0. The first-order valence-electron chi connectivity index (χ1n) is 5.07. The minimum atomic E-state index is -0.490. The molecule has 0 bridgehead atoms. The quantitative estimate of drug-likeness (QED) is 0.791. The molecule has 0 atom stereocenters. The summed E-state index contributed by atoms with van der Waals surface area (Å²) in [7, 11) is 0. The van der Waals surface area contributed by atoms with Crippen LogP contribution in [-0.2, 0) is 4.79 Å². The van der Waals surface area contributed by atoms with Crippen molar-refractivity contribution in [3.63, 3.8) is 0 Å². The molecule has 0 aliphatic carbocycles. The molecular formula is C11H17N3O2. The molecule has 88 valence electrons. The van der Waals surface area contributed by atoms with Crippen LogP contribution in [0.15, 0.2) is 24.4 Å². The van der Waals surface area contributed by atoms with Crippen LogP contribution < -0.4 is 11.5 Å². The molecule has 1 rings (SSSR count). The molecule has 5 nitrogen and oxygen atoms in total. The maximum Gasteiger partial charge on any atom is 0.267 e. The summed E-state index contributed by atoms with van der Waals surface area (Å²) in [6.45, 7) is 2.03. The smallest absolute Gasteiger partial charge is 0.267 e. The van der Waals surface area contributed by atoms with Gasteiger partial charge in [0.15, 0.2) is 0 Å². The van der Waals surface area contributed by atoms with Gasteiger partial charge in [0.2, 0.25) is 5.91 Å². The lowest BCUT2D eigenvalue weighted by atomic mass is 10.2. The monoisotopic (exact) mass is 223 g/mol. The van der Waals surface area contributed by atoms with Crippen LogP contribution in [0.2, 0.25) is 0 Å². The number of primary amides is 2. The van der Waals surface area contributed by atoms with Crippen molar-refractivity contribution in [2.75, 3.05) is 0 Å². The van der Waals surface area contributed by atoms with Gasteiger partial charge >= 0.3 is 0 Å². The second-order valence-corrected chi connectivity index (χ2v) is 3.15. The number of carbonyl (C=O) groups excluding carboxylic acids is 2. The molecule has 0 radical (unpaired) electrons. The van der Waals surface area contributed by atoms with Gasteiger partial charge in [0.05, 0.1) is 0 Å². The lowest BCUT2D eigenvalue weighted by molar-refractivity contribution is -0.118. The Morgan fingerprint density at radius 3 is 2.25 bits per heavy atom. The maximum absolute atomic E-state index is 10.4. The van der Waals surface area contributed by atoms with Crippen molar-refractivity contribution in [1.29, 1.82) is 0 Å². The van der Waals surface area contributed by atoms with Crippen LogP contribution in [0.1, 0.15) is 36.7 Å². The van der Waals surface area contributed by atoms with E-state index in [9.17, 15) is 9.59 Å². The highest BCUT2D eigenvalue weighted by Gasteiger charge is 1.95. The molecule has 16 heavy (non-hydrogen) atoms. The third-order valence-corrected chi connectivity index (χ3v) is 1.69. The number of pyridine rings is 1. The number of rotatable bonds is 4. The molecule has 0 saturated heterocycles. The summed E-state index contributed by atoms with van der Waals surface area (Å²) in [5.74, 6) is -0.683. The van der Waals surface area contributed by atoms with Gasteiger partial charge < -0.3 is 11.5 Å². The number of unbranched alkanes of at least 4 members (excludes halogenated alkanes) is 1. The van der Waals surface area contributed by atoms with Gasteiger partial charge in [-0.25, -0.2) is 0 Å². The van der Waals surface area contributed by atoms with Gasteiger partial charge in [0.1, 0.15) is 5.69 Å². The summed E-state index contributed by atoms with van der Waals surface area (Å²) in [6.07, 6.45) is 4.04. The SMILES string of the molecule is CCCCC(N)=O.NC(=O)c1ccccn1. The van der Waals surface area contributed by atoms with Crippen LogP contribution >= 0.6 is 0 Å². The molecule has 0 saturated carbocycles. The standard InChI is InChI=1S/C6H6N2O.C5H11NO/c7-6(9)5-3-1-2-4-8-5;1-2-3-4-5(6)7/h1-4H,(H2,7,9);2-4H2,1H3,(H2,6,7). The Balaban J connectivity index is 0.000000293. The van der Waals surface area contributed by atoms with Gasteiger partial charge in [-0.1, -0.05) is 19.4 Å². The number of amides is 2. The van der Waals surface area contributed by atoms with E-state index in [4.69, 9.17) is 11.5 Å². The topological polar surface area (TPSA) is 99.1 Å². The average Bonchev–Trinajstić information content (AvgIpc) is 2.28. The Hall–Kier alpha value is -1.91. The number of carbonyl (C=O) groups is 2. The first kappa shape index (κ1) is 14.1. The van der Waals surface area contributed by atoms with E-state index in [0.717, 1.165) is 12.8 Å². The Morgan fingerprint density at radius 1 is 1.31 bits per heavy atom. The van der Waals surface area contributed by atoms with Crippen LogP contribution in [0, 0.1) is 0 Å². The van der Waals surface area contributed by atoms with Crippen LogP contribution in [0.4, 0.5) is 0 Å². The second kappa shape index (κ2) is 8.40. The minimum Gasteiger partial charge on any atom is -0.370 e.